The van der Waals surface area contributed by atoms with Crippen LogP contribution < -0.4 is 10.5 Å². The minimum Gasteiger partial charge on any atom is -0.490 e. The third kappa shape index (κ3) is 1.39. The molecule has 0 aromatic heterocycles. The number of fused-ring (bicyclic) bond motifs is 1. The smallest absolute Gasteiger partial charge is 0.310 e. The largest absolute Gasteiger partial charge is 0.490 e. The summed E-state index contributed by atoms with van der Waals surface area (Å²) in [6.45, 7) is 0.205. The van der Waals surface area contributed by atoms with Crippen molar-refractivity contribution in [3.05, 3.63) is 23.8 Å². The summed E-state index contributed by atoms with van der Waals surface area (Å²) in [5.74, 6) is -0.632. The van der Waals surface area contributed by atoms with Crippen molar-refractivity contribution in [3.8, 4) is 5.75 Å². The third-order valence-electron chi connectivity index (χ3n) is 2.37. The second-order valence-corrected chi connectivity index (χ2v) is 3.39. The van der Waals surface area contributed by atoms with Crippen molar-refractivity contribution in [2.45, 2.75) is 6.42 Å². The summed E-state index contributed by atoms with van der Waals surface area (Å²) < 4.78 is 5.32. The van der Waals surface area contributed by atoms with Gasteiger partial charge in [0.15, 0.2) is 0 Å². The Bertz CT molecular complexity index is 376. The van der Waals surface area contributed by atoms with Crippen LogP contribution in [0.25, 0.3) is 0 Å². The number of aliphatic carboxylic acids is 1. The van der Waals surface area contributed by atoms with Crippen molar-refractivity contribution in [1.29, 1.82) is 0 Å². The molecule has 2 rings (SSSR count). The van der Waals surface area contributed by atoms with Crippen molar-refractivity contribution in [2.75, 3.05) is 12.3 Å². The first-order chi connectivity index (χ1) is 6.68. The van der Waals surface area contributed by atoms with Gasteiger partial charge in [-0.05, 0) is 18.1 Å². The van der Waals surface area contributed by atoms with Crippen LogP contribution in [-0.4, -0.2) is 17.7 Å². The van der Waals surface area contributed by atoms with Crippen LogP contribution in [0.15, 0.2) is 18.2 Å². The lowest BCUT2D eigenvalue weighted by atomic mass is 9.96. The lowest BCUT2D eigenvalue weighted by Gasteiger charge is -2.23. The molecule has 74 valence electrons. The summed E-state index contributed by atoms with van der Waals surface area (Å²) in [6.07, 6.45) is 0.496. The predicted molar refractivity (Wildman–Crippen MR) is 51.2 cm³/mol. The minimum atomic E-state index is -0.821. The molecule has 0 aliphatic carbocycles. The lowest BCUT2D eigenvalue weighted by Crippen LogP contribution is -2.28. The molecule has 0 fully saturated rings. The summed E-state index contributed by atoms with van der Waals surface area (Å²) in [7, 11) is 0. The van der Waals surface area contributed by atoms with E-state index in [-0.39, 0.29) is 6.61 Å². The maximum atomic E-state index is 10.7. The van der Waals surface area contributed by atoms with Crippen LogP contribution in [0.1, 0.15) is 5.56 Å². The zero-order chi connectivity index (χ0) is 10.1. The standard InChI is InChI=1S/C10H11NO3/c11-8-3-1-2-6-4-7(10(12)13)5-14-9(6)8/h1-3,7H,4-5,11H2,(H,12,13)/t7-/m1/s1. The topological polar surface area (TPSA) is 72.5 Å². The summed E-state index contributed by atoms with van der Waals surface area (Å²) in [4.78, 5) is 10.7. The molecule has 0 spiro atoms. The fourth-order valence-corrected chi connectivity index (χ4v) is 1.61. The number of carboxylic acids is 1. The molecule has 3 N–H and O–H groups in total. The van der Waals surface area contributed by atoms with Gasteiger partial charge in [-0.15, -0.1) is 0 Å². The highest BCUT2D eigenvalue weighted by Crippen LogP contribution is 2.32. The lowest BCUT2D eigenvalue weighted by molar-refractivity contribution is -0.143. The first-order valence-corrected chi connectivity index (χ1v) is 4.41. The summed E-state index contributed by atoms with van der Waals surface area (Å²) in [5.41, 5.74) is 7.14. The Kier molecular flexibility index (Phi) is 2.04. The predicted octanol–water partition coefficient (Wildman–Crippen LogP) is 0.905. The van der Waals surface area contributed by atoms with Gasteiger partial charge in [-0.1, -0.05) is 12.1 Å². The van der Waals surface area contributed by atoms with Gasteiger partial charge in [0, 0.05) is 0 Å². The molecule has 4 heteroatoms. The molecule has 0 unspecified atom stereocenters. The monoisotopic (exact) mass is 193 g/mol. The Hall–Kier alpha value is -1.71. The minimum absolute atomic E-state index is 0.205. The highest BCUT2D eigenvalue weighted by Gasteiger charge is 2.26. The molecule has 0 bridgehead atoms. The van der Waals surface area contributed by atoms with Gasteiger partial charge in [-0.25, -0.2) is 0 Å². The molecular formula is C10H11NO3. The van der Waals surface area contributed by atoms with Gasteiger partial charge in [0.1, 0.15) is 12.4 Å². The fourth-order valence-electron chi connectivity index (χ4n) is 1.61. The van der Waals surface area contributed by atoms with Gasteiger partial charge in [0.05, 0.1) is 11.6 Å². The van der Waals surface area contributed by atoms with Crippen LogP contribution in [0.3, 0.4) is 0 Å². The Morgan fingerprint density at radius 3 is 3.07 bits per heavy atom. The highest BCUT2D eigenvalue weighted by molar-refractivity contribution is 5.72. The number of anilines is 1. The van der Waals surface area contributed by atoms with E-state index in [1.54, 1.807) is 6.07 Å². The quantitative estimate of drug-likeness (QED) is 0.650. The number of nitrogens with two attached hydrogens (primary N) is 1. The Labute approximate surface area is 81.3 Å². The molecule has 1 aliphatic heterocycles. The summed E-state index contributed by atoms with van der Waals surface area (Å²) in [5, 5.41) is 8.82. The van der Waals surface area contributed by atoms with Gasteiger partial charge < -0.3 is 15.6 Å². The van der Waals surface area contributed by atoms with Gasteiger partial charge >= 0.3 is 5.97 Å². The number of carboxylic acid groups (broad SMARTS) is 1. The molecule has 1 atom stereocenters. The number of nitrogen functional groups attached to an aromatic ring is 1. The molecule has 1 aliphatic rings. The van der Waals surface area contributed by atoms with Crippen molar-refractivity contribution in [3.63, 3.8) is 0 Å². The first-order valence-electron chi connectivity index (χ1n) is 4.41. The van der Waals surface area contributed by atoms with Crippen molar-refractivity contribution in [1.82, 2.24) is 0 Å². The molecule has 0 amide bonds. The van der Waals surface area contributed by atoms with E-state index in [4.69, 9.17) is 15.6 Å². The second kappa shape index (κ2) is 3.21. The normalized spacial score (nSPS) is 19.6. The van der Waals surface area contributed by atoms with Crippen LogP contribution in [0.4, 0.5) is 5.69 Å². The molecule has 4 nitrogen and oxygen atoms in total. The van der Waals surface area contributed by atoms with Crippen LogP contribution >= 0.6 is 0 Å². The summed E-state index contributed by atoms with van der Waals surface area (Å²) >= 11 is 0. The van der Waals surface area contributed by atoms with Crippen molar-refractivity contribution in [2.24, 2.45) is 5.92 Å². The van der Waals surface area contributed by atoms with E-state index < -0.39 is 11.9 Å². The number of ether oxygens (including phenoxy) is 1. The number of para-hydroxylation sites is 1. The molecular weight excluding hydrogens is 182 g/mol. The molecule has 1 heterocycles. The van der Waals surface area contributed by atoms with E-state index in [0.29, 0.717) is 17.9 Å². The van der Waals surface area contributed by atoms with Gasteiger partial charge in [0.25, 0.3) is 0 Å². The third-order valence-corrected chi connectivity index (χ3v) is 2.37. The van der Waals surface area contributed by atoms with Crippen LogP contribution in [-0.2, 0) is 11.2 Å². The number of hydrogen-bond acceptors (Lipinski definition) is 3. The number of hydrogen-bond donors (Lipinski definition) is 2. The SMILES string of the molecule is Nc1cccc2c1OC[C@H](C(=O)O)C2. The Morgan fingerprint density at radius 2 is 2.36 bits per heavy atom. The molecule has 14 heavy (non-hydrogen) atoms. The van der Waals surface area contributed by atoms with Crippen LogP contribution in [0.5, 0.6) is 5.75 Å². The number of carbonyl (C=O) groups is 1. The molecule has 0 saturated heterocycles. The highest BCUT2D eigenvalue weighted by atomic mass is 16.5. The van der Waals surface area contributed by atoms with Crippen molar-refractivity contribution >= 4 is 11.7 Å². The summed E-state index contributed by atoms with van der Waals surface area (Å²) in [6, 6.07) is 5.41. The Balaban J connectivity index is 2.31. The average molecular weight is 193 g/mol. The maximum absolute atomic E-state index is 10.7. The Morgan fingerprint density at radius 1 is 1.57 bits per heavy atom. The van der Waals surface area contributed by atoms with E-state index in [1.807, 2.05) is 12.1 Å². The zero-order valence-electron chi connectivity index (χ0n) is 7.56. The zero-order valence-corrected chi connectivity index (χ0v) is 7.56. The van der Waals surface area contributed by atoms with E-state index in [0.717, 1.165) is 5.56 Å². The van der Waals surface area contributed by atoms with Crippen molar-refractivity contribution < 1.29 is 14.6 Å². The maximum Gasteiger partial charge on any atom is 0.310 e. The number of rotatable bonds is 1. The fraction of sp³-hybridized carbons (Fsp3) is 0.300. The van der Waals surface area contributed by atoms with E-state index in [2.05, 4.69) is 0 Å². The molecule has 0 saturated carbocycles. The molecule has 1 aromatic carbocycles. The second-order valence-electron chi connectivity index (χ2n) is 3.39. The van der Waals surface area contributed by atoms with Gasteiger partial charge in [-0.2, -0.15) is 0 Å². The van der Waals surface area contributed by atoms with E-state index in [9.17, 15) is 4.79 Å². The number of benzene rings is 1. The average Bonchev–Trinajstić information content (AvgIpc) is 2.17. The van der Waals surface area contributed by atoms with Crippen LogP contribution in [0, 0.1) is 5.92 Å². The van der Waals surface area contributed by atoms with E-state index in [1.165, 1.54) is 0 Å². The molecule has 0 radical (unpaired) electrons. The van der Waals surface area contributed by atoms with Crippen LogP contribution in [0.2, 0.25) is 0 Å². The molecule has 1 aromatic rings. The van der Waals surface area contributed by atoms with E-state index >= 15 is 0 Å². The first kappa shape index (κ1) is 8.87. The van der Waals surface area contributed by atoms with Gasteiger partial charge in [-0.3, -0.25) is 4.79 Å². The van der Waals surface area contributed by atoms with Gasteiger partial charge in [0.2, 0.25) is 0 Å².